The van der Waals surface area contributed by atoms with Gasteiger partial charge in [0.15, 0.2) is 11.5 Å². The minimum absolute atomic E-state index is 0.173. The summed E-state index contributed by atoms with van der Waals surface area (Å²) in [6, 6.07) is 19.4. The molecule has 2 aliphatic heterocycles. The third-order valence-corrected chi connectivity index (χ3v) is 5.89. The Morgan fingerprint density at radius 1 is 0.966 bits per heavy atom. The molecule has 0 fully saturated rings. The van der Waals surface area contributed by atoms with Gasteiger partial charge in [-0.3, -0.25) is 4.79 Å². The van der Waals surface area contributed by atoms with E-state index >= 15 is 0 Å². The molecule has 6 nitrogen and oxygen atoms in total. The monoisotopic (exact) mass is 403 g/mol. The molecule has 7 heteroatoms. The fourth-order valence-electron chi connectivity index (χ4n) is 3.17. The average Bonchev–Trinajstić information content (AvgIpc) is 3.23. The molecule has 2 aliphatic rings. The first kappa shape index (κ1) is 17.6. The lowest BCUT2D eigenvalue weighted by atomic mass is 10.1. The van der Waals surface area contributed by atoms with Crippen LogP contribution in [0.4, 0.5) is 11.4 Å². The van der Waals surface area contributed by atoms with Crippen molar-refractivity contribution < 1.29 is 14.3 Å². The summed E-state index contributed by atoms with van der Waals surface area (Å²) in [7, 11) is 0. The number of carbonyl (C=O) groups excluding carboxylic acids is 1. The zero-order chi connectivity index (χ0) is 19.8. The number of carbonyl (C=O) groups is 1. The van der Waals surface area contributed by atoms with Crippen molar-refractivity contribution in [2.24, 2.45) is 5.10 Å². The van der Waals surface area contributed by atoms with Crippen LogP contribution in [0.3, 0.4) is 0 Å². The van der Waals surface area contributed by atoms with Gasteiger partial charge in [0, 0.05) is 15.4 Å². The van der Waals surface area contributed by atoms with Crippen LogP contribution in [0, 0.1) is 0 Å². The molecule has 144 valence electrons. The molecule has 0 saturated carbocycles. The number of fused-ring (bicyclic) bond motifs is 3. The van der Waals surface area contributed by atoms with Gasteiger partial charge in [-0.05, 0) is 55.0 Å². The Bertz CT molecular complexity index is 1160. The third-order valence-electron chi connectivity index (χ3n) is 4.73. The number of ether oxygens (including phenoxy) is 2. The summed E-state index contributed by atoms with van der Waals surface area (Å²) in [4.78, 5) is 14.8. The minimum atomic E-state index is -0.303. The summed E-state index contributed by atoms with van der Waals surface area (Å²) in [6.07, 6.45) is 0. The molecule has 1 amide bonds. The predicted octanol–water partition coefficient (Wildman–Crippen LogP) is 4.78. The Morgan fingerprint density at radius 3 is 2.69 bits per heavy atom. The van der Waals surface area contributed by atoms with Crippen molar-refractivity contribution >= 4 is 34.8 Å². The highest BCUT2D eigenvalue weighted by molar-refractivity contribution is 7.99. The highest BCUT2D eigenvalue weighted by Gasteiger charge is 2.17. The molecule has 3 aromatic rings. The summed E-state index contributed by atoms with van der Waals surface area (Å²) in [5, 5.41) is 7.73. The van der Waals surface area contributed by atoms with Crippen molar-refractivity contribution in [3.8, 4) is 11.5 Å². The van der Waals surface area contributed by atoms with Gasteiger partial charge in [0.1, 0.15) is 0 Å². The second-order valence-corrected chi connectivity index (χ2v) is 7.72. The molecular formula is C22H17N3O3S. The number of hydrazone groups is 1. The molecule has 5 rings (SSSR count). The normalized spacial score (nSPS) is 13.9. The molecule has 2 N–H and O–H groups in total. The Hall–Kier alpha value is -3.45. The van der Waals surface area contributed by atoms with Gasteiger partial charge in [0.05, 0.1) is 17.1 Å². The van der Waals surface area contributed by atoms with Crippen molar-refractivity contribution in [3.63, 3.8) is 0 Å². The first-order chi connectivity index (χ1) is 14.2. The summed E-state index contributed by atoms with van der Waals surface area (Å²) in [5.41, 5.74) is 6.84. The van der Waals surface area contributed by atoms with Crippen molar-refractivity contribution in [1.29, 1.82) is 0 Å². The van der Waals surface area contributed by atoms with Gasteiger partial charge < -0.3 is 14.8 Å². The summed E-state index contributed by atoms with van der Waals surface area (Å²) in [6.45, 7) is 2.04. The van der Waals surface area contributed by atoms with E-state index in [0.29, 0.717) is 22.8 Å². The zero-order valence-corrected chi connectivity index (χ0v) is 16.4. The van der Waals surface area contributed by atoms with E-state index in [2.05, 4.69) is 34.0 Å². The molecule has 0 aliphatic carbocycles. The van der Waals surface area contributed by atoms with Crippen LogP contribution < -0.4 is 20.2 Å². The van der Waals surface area contributed by atoms with E-state index in [4.69, 9.17) is 9.47 Å². The number of hydrogen-bond donors (Lipinski definition) is 2. The molecule has 3 aromatic carbocycles. The van der Waals surface area contributed by atoms with Crippen LogP contribution in [0.25, 0.3) is 0 Å². The van der Waals surface area contributed by atoms with Gasteiger partial charge in [0.2, 0.25) is 6.79 Å². The van der Waals surface area contributed by atoms with Crippen LogP contribution in [-0.4, -0.2) is 18.4 Å². The molecule has 0 atom stereocenters. The molecule has 0 saturated heterocycles. The maximum absolute atomic E-state index is 12.4. The zero-order valence-electron chi connectivity index (χ0n) is 15.6. The van der Waals surface area contributed by atoms with Crippen LogP contribution in [-0.2, 0) is 0 Å². The largest absolute Gasteiger partial charge is 0.454 e. The summed E-state index contributed by atoms with van der Waals surface area (Å²) >= 11 is 1.73. The van der Waals surface area contributed by atoms with Gasteiger partial charge >= 0.3 is 0 Å². The molecule has 29 heavy (non-hydrogen) atoms. The SMILES string of the molecule is C/C(=N\NC(=O)c1ccc2c(c1)OCO2)c1ccc2c(c1)Nc1ccccc1S2. The van der Waals surface area contributed by atoms with Gasteiger partial charge in [-0.1, -0.05) is 30.0 Å². The standard InChI is InChI=1S/C22H17N3O3S/c1-13(24-25-22(26)15-6-8-18-19(11-15)28-12-27-18)14-7-9-21-17(10-14)23-16-4-2-3-5-20(16)29-21/h2-11,23H,12H2,1H3,(H,25,26)/b24-13+. The van der Waals surface area contributed by atoms with E-state index in [0.717, 1.165) is 21.8 Å². The Balaban J connectivity index is 1.32. The lowest BCUT2D eigenvalue weighted by Crippen LogP contribution is -2.19. The highest BCUT2D eigenvalue weighted by atomic mass is 32.2. The molecule has 0 unspecified atom stereocenters. The Kier molecular flexibility index (Phi) is 4.37. The lowest BCUT2D eigenvalue weighted by Gasteiger charge is -2.21. The smallest absolute Gasteiger partial charge is 0.271 e. The Morgan fingerprint density at radius 2 is 1.76 bits per heavy atom. The second kappa shape index (κ2) is 7.18. The van der Waals surface area contributed by atoms with Crippen molar-refractivity contribution in [2.45, 2.75) is 16.7 Å². The predicted molar refractivity (Wildman–Crippen MR) is 113 cm³/mol. The van der Waals surface area contributed by atoms with E-state index in [1.807, 2.05) is 31.2 Å². The van der Waals surface area contributed by atoms with Gasteiger partial charge in [0.25, 0.3) is 5.91 Å². The fourth-order valence-corrected chi connectivity index (χ4v) is 4.13. The van der Waals surface area contributed by atoms with Crippen LogP contribution in [0.5, 0.6) is 11.5 Å². The number of anilines is 2. The summed E-state index contributed by atoms with van der Waals surface area (Å²) in [5.74, 6) is 0.905. The minimum Gasteiger partial charge on any atom is -0.454 e. The van der Waals surface area contributed by atoms with Crippen LogP contribution >= 0.6 is 11.8 Å². The number of amides is 1. The second-order valence-electron chi connectivity index (χ2n) is 6.64. The molecular weight excluding hydrogens is 386 g/mol. The molecule has 2 heterocycles. The highest BCUT2D eigenvalue weighted by Crippen LogP contribution is 2.44. The van der Waals surface area contributed by atoms with E-state index < -0.39 is 0 Å². The van der Waals surface area contributed by atoms with Gasteiger partial charge in [-0.25, -0.2) is 5.43 Å². The van der Waals surface area contributed by atoms with Crippen LogP contribution in [0.15, 0.2) is 75.6 Å². The number of nitrogens with zero attached hydrogens (tertiary/aromatic N) is 1. The van der Waals surface area contributed by atoms with E-state index in [9.17, 15) is 4.79 Å². The fraction of sp³-hybridized carbons (Fsp3) is 0.0909. The summed E-state index contributed by atoms with van der Waals surface area (Å²) < 4.78 is 10.6. The molecule has 0 bridgehead atoms. The third kappa shape index (κ3) is 3.40. The van der Waals surface area contributed by atoms with E-state index in [1.165, 1.54) is 4.90 Å². The lowest BCUT2D eigenvalue weighted by molar-refractivity contribution is 0.0954. The maximum Gasteiger partial charge on any atom is 0.271 e. The number of benzene rings is 3. The van der Waals surface area contributed by atoms with Gasteiger partial charge in [-0.15, -0.1) is 0 Å². The maximum atomic E-state index is 12.4. The number of para-hydroxylation sites is 1. The van der Waals surface area contributed by atoms with Crippen LogP contribution in [0.1, 0.15) is 22.8 Å². The first-order valence-electron chi connectivity index (χ1n) is 9.10. The van der Waals surface area contributed by atoms with Crippen molar-refractivity contribution in [3.05, 3.63) is 71.8 Å². The van der Waals surface area contributed by atoms with Crippen LogP contribution in [0.2, 0.25) is 0 Å². The molecule has 0 aromatic heterocycles. The number of nitrogens with one attached hydrogen (secondary N) is 2. The molecule has 0 spiro atoms. The Labute approximate surface area is 171 Å². The van der Waals surface area contributed by atoms with E-state index in [-0.39, 0.29) is 12.7 Å². The first-order valence-corrected chi connectivity index (χ1v) is 9.92. The number of rotatable bonds is 3. The van der Waals surface area contributed by atoms with E-state index in [1.54, 1.807) is 30.0 Å². The average molecular weight is 403 g/mol. The van der Waals surface area contributed by atoms with Crippen molar-refractivity contribution in [1.82, 2.24) is 5.43 Å². The van der Waals surface area contributed by atoms with Crippen molar-refractivity contribution in [2.75, 3.05) is 12.1 Å². The molecule has 0 radical (unpaired) electrons. The quantitative estimate of drug-likeness (QED) is 0.381. The number of hydrogen-bond acceptors (Lipinski definition) is 6. The van der Waals surface area contributed by atoms with Gasteiger partial charge in [-0.2, -0.15) is 5.10 Å². The topological polar surface area (TPSA) is 72.0 Å².